The maximum atomic E-state index is 13.5. The predicted octanol–water partition coefficient (Wildman–Crippen LogP) is 4.80. The van der Waals surface area contributed by atoms with Crippen LogP contribution in [0.3, 0.4) is 0 Å². The molecule has 0 heterocycles. The molecule has 0 aliphatic heterocycles. The van der Waals surface area contributed by atoms with E-state index in [1.807, 2.05) is 51.1 Å². The molecule has 0 saturated carbocycles. The van der Waals surface area contributed by atoms with E-state index in [1.165, 1.54) is 12.1 Å². The van der Waals surface area contributed by atoms with Gasteiger partial charge < -0.3 is 5.21 Å². The van der Waals surface area contributed by atoms with Gasteiger partial charge in [0.2, 0.25) is 0 Å². The first kappa shape index (κ1) is 18.2. The molecule has 2 rings (SSSR count). The molecule has 0 spiro atoms. The highest BCUT2D eigenvalue weighted by atomic mass is 32.1. The number of hydrogen-bond acceptors (Lipinski definition) is 3. The zero-order chi connectivity index (χ0) is 16.5. The lowest BCUT2D eigenvalue weighted by molar-refractivity contribution is 0.318. The second-order valence-electron chi connectivity index (χ2n) is 4.91. The minimum absolute atomic E-state index is 0.261. The molecule has 2 aromatic rings. The molecule has 0 aromatic heterocycles. The Morgan fingerprint density at radius 1 is 1.18 bits per heavy atom. The number of thiol groups is 1. The molecule has 118 valence electrons. The topological polar surface area (TPSA) is 32.6 Å². The number of halogens is 1. The number of benzene rings is 2. The van der Waals surface area contributed by atoms with Crippen molar-refractivity contribution in [3.8, 4) is 0 Å². The highest BCUT2D eigenvalue weighted by Gasteiger charge is 2.10. The average molecular weight is 319 g/mol. The first-order chi connectivity index (χ1) is 10.5. The Morgan fingerprint density at radius 3 is 2.32 bits per heavy atom. The maximum absolute atomic E-state index is 13.5. The Hall–Kier alpha value is -1.81. The lowest BCUT2D eigenvalue weighted by Gasteiger charge is -2.10. The van der Waals surface area contributed by atoms with Crippen molar-refractivity contribution >= 4 is 18.3 Å². The fraction of sp³-hybridized carbons (Fsp3) is 0.278. The summed E-state index contributed by atoms with van der Waals surface area (Å²) >= 11 is 3.79. The van der Waals surface area contributed by atoms with Crippen molar-refractivity contribution in [1.29, 1.82) is 0 Å². The zero-order valence-corrected chi connectivity index (χ0v) is 14.1. The molecule has 0 atom stereocenters. The van der Waals surface area contributed by atoms with Gasteiger partial charge in [-0.05, 0) is 54.0 Å². The molecule has 0 fully saturated rings. The lowest BCUT2D eigenvalue weighted by atomic mass is 9.96. The van der Waals surface area contributed by atoms with E-state index in [4.69, 9.17) is 5.21 Å². The van der Waals surface area contributed by atoms with E-state index in [0.717, 1.165) is 28.0 Å². The fourth-order valence-electron chi connectivity index (χ4n) is 2.07. The van der Waals surface area contributed by atoms with Gasteiger partial charge in [-0.25, -0.2) is 4.39 Å². The van der Waals surface area contributed by atoms with Gasteiger partial charge >= 0.3 is 0 Å². The van der Waals surface area contributed by atoms with Crippen molar-refractivity contribution < 1.29 is 9.60 Å². The molecule has 0 radical (unpaired) electrons. The van der Waals surface area contributed by atoms with Crippen LogP contribution >= 0.6 is 12.6 Å². The largest absolute Gasteiger partial charge is 0.411 e. The molecule has 0 saturated heterocycles. The highest BCUT2D eigenvalue weighted by Crippen LogP contribution is 2.18. The Bertz CT molecular complexity index is 626. The molecule has 0 aliphatic carbocycles. The second kappa shape index (κ2) is 9.26. The van der Waals surface area contributed by atoms with E-state index in [1.54, 1.807) is 0 Å². The summed E-state index contributed by atoms with van der Waals surface area (Å²) in [6.07, 6.45) is 0.408. The third kappa shape index (κ3) is 5.19. The van der Waals surface area contributed by atoms with E-state index >= 15 is 0 Å². The predicted molar refractivity (Wildman–Crippen MR) is 93.9 cm³/mol. The van der Waals surface area contributed by atoms with Crippen molar-refractivity contribution in [3.05, 3.63) is 70.5 Å². The van der Waals surface area contributed by atoms with Crippen LogP contribution in [0.5, 0.6) is 0 Å². The van der Waals surface area contributed by atoms with Gasteiger partial charge in [0.25, 0.3) is 0 Å². The minimum atomic E-state index is -0.261. The number of aryl methyl sites for hydroxylation is 1. The fourth-order valence-corrected chi connectivity index (χ4v) is 2.07. The van der Waals surface area contributed by atoms with E-state index in [2.05, 4.69) is 17.8 Å². The monoisotopic (exact) mass is 319 g/mol. The van der Waals surface area contributed by atoms with Crippen LogP contribution < -0.4 is 0 Å². The summed E-state index contributed by atoms with van der Waals surface area (Å²) in [5, 5.41) is 12.5. The molecule has 0 unspecified atom stereocenters. The van der Waals surface area contributed by atoms with Gasteiger partial charge in [0.05, 0.1) is 5.71 Å². The quantitative estimate of drug-likeness (QED) is 0.362. The van der Waals surface area contributed by atoms with E-state index in [-0.39, 0.29) is 5.82 Å². The summed E-state index contributed by atoms with van der Waals surface area (Å²) in [5.74, 6) is 0.684. The minimum Gasteiger partial charge on any atom is -0.411 e. The van der Waals surface area contributed by atoms with Crippen molar-refractivity contribution in [2.45, 2.75) is 27.2 Å². The number of rotatable bonds is 3. The Kier molecular flexibility index (Phi) is 7.67. The number of hydrogen-bond donors (Lipinski definition) is 2. The van der Waals surface area contributed by atoms with Crippen LogP contribution in [0, 0.1) is 19.7 Å². The average Bonchev–Trinajstić information content (AvgIpc) is 2.51. The third-order valence-electron chi connectivity index (χ3n) is 3.33. The van der Waals surface area contributed by atoms with Crippen LogP contribution in [-0.2, 0) is 6.42 Å². The second-order valence-corrected chi connectivity index (χ2v) is 5.54. The molecule has 1 N–H and O–H groups in total. The maximum Gasteiger partial charge on any atom is 0.123 e. The molecular weight excluding hydrogens is 297 g/mol. The SMILES string of the molecule is CCS.Cc1cc(F)cc(CC(=NO)c2ccccc2)c1C. The molecule has 22 heavy (non-hydrogen) atoms. The summed E-state index contributed by atoms with van der Waals surface area (Å²) < 4.78 is 13.5. The Balaban J connectivity index is 0.000000745. The van der Waals surface area contributed by atoms with Crippen LogP contribution in [0.15, 0.2) is 47.6 Å². The van der Waals surface area contributed by atoms with Gasteiger partial charge in [-0.2, -0.15) is 12.6 Å². The Morgan fingerprint density at radius 2 is 1.77 bits per heavy atom. The molecule has 2 nitrogen and oxygen atoms in total. The van der Waals surface area contributed by atoms with Crippen molar-refractivity contribution in [3.63, 3.8) is 0 Å². The lowest BCUT2D eigenvalue weighted by Crippen LogP contribution is -2.07. The van der Waals surface area contributed by atoms with Crippen LogP contribution in [0.25, 0.3) is 0 Å². The van der Waals surface area contributed by atoms with Gasteiger partial charge in [0, 0.05) is 6.42 Å². The molecular formula is C18H22FNOS. The van der Waals surface area contributed by atoms with E-state index < -0.39 is 0 Å². The standard InChI is InChI=1S/C16H16FNO.C2H6S/c1-11-8-15(17)9-14(12(11)2)10-16(18-19)13-6-4-3-5-7-13;1-2-3/h3-9,19H,10H2,1-2H3;3H,2H2,1H3. The molecule has 0 amide bonds. The van der Waals surface area contributed by atoms with Crippen molar-refractivity contribution in [1.82, 2.24) is 0 Å². The highest BCUT2D eigenvalue weighted by molar-refractivity contribution is 7.80. The van der Waals surface area contributed by atoms with E-state index in [0.29, 0.717) is 12.1 Å². The summed E-state index contributed by atoms with van der Waals surface area (Å²) in [5.41, 5.74) is 4.15. The summed E-state index contributed by atoms with van der Waals surface area (Å²) in [6, 6.07) is 12.4. The van der Waals surface area contributed by atoms with Crippen LogP contribution in [0.2, 0.25) is 0 Å². The van der Waals surface area contributed by atoms with Crippen LogP contribution in [-0.4, -0.2) is 16.7 Å². The first-order valence-corrected chi connectivity index (χ1v) is 7.79. The molecule has 0 bridgehead atoms. The Labute approximate surface area is 137 Å². The summed E-state index contributed by atoms with van der Waals surface area (Å²) in [6.45, 7) is 5.81. The van der Waals surface area contributed by atoms with Gasteiger partial charge in [0.1, 0.15) is 5.82 Å². The number of oxime groups is 1. The van der Waals surface area contributed by atoms with Crippen molar-refractivity contribution in [2.75, 3.05) is 5.75 Å². The normalized spacial score (nSPS) is 10.9. The zero-order valence-electron chi connectivity index (χ0n) is 13.2. The number of nitrogens with zero attached hydrogens (tertiary/aromatic N) is 1. The summed E-state index contributed by atoms with van der Waals surface area (Å²) in [7, 11) is 0. The molecule has 4 heteroatoms. The van der Waals surface area contributed by atoms with Gasteiger partial charge in [-0.3, -0.25) is 0 Å². The summed E-state index contributed by atoms with van der Waals surface area (Å²) in [4.78, 5) is 0. The molecule has 2 aromatic carbocycles. The van der Waals surface area contributed by atoms with Gasteiger partial charge in [-0.15, -0.1) is 0 Å². The first-order valence-electron chi connectivity index (χ1n) is 7.16. The van der Waals surface area contributed by atoms with Crippen LogP contribution in [0.4, 0.5) is 4.39 Å². The smallest absolute Gasteiger partial charge is 0.123 e. The van der Waals surface area contributed by atoms with Crippen LogP contribution in [0.1, 0.15) is 29.2 Å². The van der Waals surface area contributed by atoms with E-state index in [9.17, 15) is 4.39 Å². The van der Waals surface area contributed by atoms with Gasteiger partial charge in [-0.1, -0.05) is 42.4 Å². The third-order valence-corrected chi connectivity index (χ3v) is 3.33. The van der Waals surface area contributed by atoms with Crippen molar-refractivity contribution in [2.24, 2.45) is 5.16 Å². The molecule has 0 aliphatic rings. The van der Waals surface area contributed by atoms with Gasteiger partial charge in [0.15, 0.2) is 0 Å².